The number of hydrogen-bond donors (Lipinski definition) is 1. The summed E-state index contributed by atoms with van der Waals surface area (Å²) in [5.74, 6) is -0.331. The number of aliphatic hydroxyl groups is 1. The lowest BCUT2D eigenvalue weighted by molar-refractivity contribution is -0.0153. The minimum atomic E-state index is -0.770. The van der Waals surface area contributed by atoms with Crippen molar-refractivity contribution in [3.63, 3.8) is 0 Å². The summed E-state index contributed by atoms with van der Waals surface area (Å²) in [6.45, 7) is 8.90. The van der Waals surface area contributed by atoms with Crippen LogP contribution in [0.4, 0.5) is 5.69 Å². The molecule has 3 heterocycles. The van der Waals surface area contributed by atoms with Crippen molar-refractivity contribution in [1.29, 1.82) is 0 Å². The van der Waals surface area contributed by atoms with E-state index >= 15 is 0 Å². The molecule has 220 valence electrons. The molecule has 2 unspecified atom stereocenters. The highest BCUT2D eigenvalue weighted by Gasteiger charge is 2.61. The summed E-state index contributed by atoms with van der Waals surface area (Å²) < 4.78 is 14.4. The van der Waals surface area contributed by atoms with Crippen LogP contribution in [0.2, 0.25) is 0 Å². The third-order valence-electron chi connectivity index (χ3n) is 9.37. The number of carbonyl (C=O) groups excluding carboxylic acids is 1. The van der Waals surface area contributed by atoms with Gasteiger partial charge in [0, 0.05) is 52.6 Å². The number of nitrogens with zero attached hydrogens (tertiary/aromatic N) is 2. The first-order valence-electron chi connectivity index (χ1n) is 15.5. The van der Waals surface area contributed by atoms with Gasteiger partial charge in [-0.05, 0) is 73.4 Å². The van der Waals surface area contributed by atoms with Gasteiger partial charge in [0.05, 0.1) is 18.8 Å². The van der Waals surface area contributed by atoms with E-state index in [1.807, 2.05) is 25.1 Å². The van der Waals surface area contributed by atoms with Crippen molar-refractivity contribution in [3.8, 4) is 0 Å². The molecule has 4 aromatic rings. The molecule has 0 aliphatic carbocycles. The number of aromatic nitrogens is 1. The highest BCUT2D eigenvalue weighted by molar-refractivity contribution is 6.08. The normalized spacial score (nSPS) is 21.5. The second kappa shape index (κ2) is 11.6. The summed E-state index contributed by atoms with van der Waals surface area (Å²) in [5, 5.41) is 12.8. The number of para-hydroxylation sites is 1. The average Bonchev–Trinajstić information content (AvgIpc) is 3.63. The lowest BCUT2D eigenvalue weighted by Crippen LogP contribution is -2.53. The van der Waals surface area contributed by atoms with Crippen LogP contribution in [0.25, 0.3) is 27.9 Å². The molecule has 1 aromatic heterocycles. The zero-order valence-electron chi connectivity index (χ0n) is 25.1. The van der Waals surface area contributed by atoms with E-state index < -0.39 is 11.1 Å². The molecule has 3 aromatic carbocycles. The topological polar surface area (TPSA) is 63.9 Å². The van der Waals surface area contributed by atoms with Crippen LogP contribution >= 0.6 is 0 Å². The summed E-state index contributed by atoms with van der Waals surface area (Å²) in [6.07, 6.45) is 9.78. The quantitative estimate of drug-likeness (QED) is 0.151. The van der Waals surface area contributed by atoms with Crippen molar-refractivity contribution in [3.05, 3.63) is 83.4 Å². The molecule has 6 rings (SSSR count). The Morgan fingerprint density at radius 3 is 2.67 bits per heavy atom. The number of benzene rings is 3. The van der Waals surface area contributed by atoms with E-state index in [1.165, 1.54) is 47.5 Å². The zero-order valence-corrected chi connectivity index (χ0v) is 25.1. The van der Waals surface area contributed by atoms with Gasteiger partial charge in [0.15, 0.2) is 5.72 Å². The largest absolute Gasteiger partial charge is 0.462 e. The van der Waals surface area contributed by atoms with Gasteiger partial charge in [-0.2, -0.15) is 0 Å². The molecule has 1 fully saturated rings. The van der Waals surface area contributed by atoms with Crippen LogP contribution in [0.5, 0.6) is 0 Å². The number of esters is 1. The molecule has 42 heavy (non-hydrogen) atoms. The van der Waals surface area contributed by atoms with Crippen LogP contribution in [-0.2, 0) is 21.4 Å². The van der Waals surface area contributed by atoms with Crippen molar-refractivity contribution >= 4 is 39.5 Å². The molecule has 0 spiro atoms. The number of unbranched alkanes of at least 4 members (excludes halogenated alkanes) is 3. The molecule has 2 atom stereocenters. The number of hydrogen-bond acceptors (Lipinski definition) is 5. The maximum Gasteiger partial charge on any atom is 0.338 e. The highest BCUT2D eigenvalue weighted by Crippen LogP contribution is 2.57. The maximum atomic E-state index is 12.6. The molecule has 0 bridgehead atoms. The van der Waals surface area contributed by atoms with E-state index in [9.17, 15) is 9.90 Å². The standard InChI is InChI=1S/C36H42N2O4/c1-4-6-7-10-20-37-31-12-9-8-11-28(31)29-24-26(13-15-32(29)37)17-18-36-35(3,19-22-39)30-25-27(34(40)41-5-2)14-16-33(30)38(36)21-23-42-36/h8-9,11-18,24-25,39H,4-7,10,19-23H2,1-3H3. The van der Waals surface area contributed by atoms with Gasteiger partial charge in [-0.25, -0.2) is 4.79 Å². The Bertz CT molecular complexity index is 1640. The molecule has 0 amide bonds. The first kappa shape index (κ1) is 28.5. The number of carbonyl (C=O) groups is 1. The molecule has 0 saturated carbocycles. The maximum absolute atomic E-state index is 12.6. The van der Waals surface area contributed by atoms with Gasteiger partial charge in [-0.3, -0.25) is 0 Å². The molecule has 6 nitrogen and oxygen atoms in total. The second-order valence-electron chi connectivity index (χ2n) is 11.8. The van der Waals surface area contributed by atoms with Gasteiger partial charge in [0.25, 0.3) is 0 Å². The Morgan fingerprint density at radius 2 is 1.86 bits per heavy atom. The summed E-state index contributed by atoms with van der Waals surface area (Å²) in [4.78, 5) is 14.9. The van der Waals surface area contributed by atoms with E-state index in [1.54, 1.807) is 0 Å². The Balaban J connectivity index is 1.39. The van der Waals surface area contributed by atoms with Gasteiger partial charge in [-0.1, -0.05) is 63.5 Å². The predicted molar refractivity (Wildman–Crippen MR) is 170 cm³/mol. The Hall–Kier alpha value is -3.61. The number of fused-ring (bicyclic) bond motifs is 6. The van der Waals surface area contributed by atoms with E-state index in [-0.39, 0.29) is 12.6 Å². The van der Waals surface area contributed by atoms with E-state index in [0.29, 0.717) is 25.2 Å². The number of aryl methyl sites for hydroxylation is 1. The van der Waals surface area contributed by atoms with Gasteiger partial charge in [0.1, 0.15) is 0 Å². The number of aliphatic hydroxyl groups excluding tert-OH is 1. The van der Waals surface area contributed by atoms with Crippen LogP contribution < -0.4 is 4.90 Å². The van der Waals surface area contributed by atoms with Crippen LogP contribution in [0.1, 0.15) is 74.4 Å². The summed E-state index contributed by atoms with van der Waals surface area (Å²) in [7, 11) is 0. The van der Waals surface area contributed by atoms with Crippen molar-refractivity contribution in [2.45, 2.75) is 70.6 Å². The monoisotopic (exact) mass is 566 g/mol. The van der Waals surface area contributed by atoms with Crippen molar-refractivity contribution < 1.29 is 19.4 Å². The van der Waals surface area contributed by atoms with E-state index in [4.69, 9.17) is 9.47 Å². The fourth-order valence-electron chi connectivity index (χ4n) is 7.22. The lowest BCUT2D eigenvalue weighted by Gasteiger charge is -2.42. The van der Waals surface area contributed by atoms with E-state index in [2.05, 4.69) is 77.9 Å². The summed E-state index contributed by atoms with van der Waals surface area (Å²) in [5.41, 5.74) is 4.90. The smallest absolute Gasteiger partial charge is 0.338 e. The summed E-state index contributed by atoms with van der Waals surface area (Å²) in [6, 6.07) is 21.2. The fourth-order valence-corrected chi connectivity index (χ4v) is 7.22. The molecule has 1 N–H and O–H groups in total. The van der Waals surface area contributed by atoms with Crippen LogP contribution in [0.15, 0.2) is 66.7 Å². The molecular weight excluding hydrogens is 524 g/mol. The predicted octanol–water partition coefficient (Wildman–Crippen LogP) is 7.45. The van der Waals surface area contributed by atoms with Gasteiger partial charge in [0.2, 0.25) is 0 Å². The molecular formula is C36H42N2O4. The highest BCUT2D eigenvalue weighted by atomic mass is 16.5. The second-order valence-corrected chi connectivity index (χ2v) is 11.8. The zero-order chi connectivity index (χ0) is 29.3. The molecule has 0 radical (unpaired) electrons. The van der Waals surface area contributed by atoms with Crippen LogP contribution in [-0.4, -0.2) is 47.7 Å². The van der Waals surface area contributed by atoms with Crippen LogP contribution in [0.3, 0.4) is 0 Å². The van der Waals surface area contributed by atoms with Gasteiger partial charge >= 0.3 is 5.97 Å². The first-order chi connectivity index (χ1) is 20.5. The van der Waals surface area contributed by atoms with Crippen molar-refractivity contribution in [1.82, 2.24) is 4.57 Å². The van der Waals surface area contributed by atoms with Gasteiger partial charge < -0.3 is 24.0 Å². The van der Waals surface area contributed by atoms with Crippen molar-refractivity contribution in [2.24, 2.45) is 0 Å². The first-order valence-corrected chi connectivity index (χ1v) is 15.5. The van der Waals surface area contributed by atoms with E-state index in [0.717, 1.165) is 29.9 Å². The number of rotatable bonds is 11. The number of anilines is 1. The Kier molecular flexibility index (Phi) is 7.86. The third kappa shape index (κ3) is 4.52. The Labute approximate surface area is 248 Å². The van der Waals surface area contributed by atoms with Crippen molar-refractivity contribution in [2.75, 3.05) is 31.3 Å². The SMILES string of the molecule is CCCCCCn1c2ccccc2c2cc(C=CC34OCCN3c3ccc(C(=O)OCC)cc3C4(C)CCO)ccc21. The Morgan fingerprint density at radius 1 is 1.02 bits per heavy atom. The molecule has 2 aliphatic rings. The summed E-state index contributed by atoms with van der Waals surface area (Å²) >= 11 is 0. The minimum Gasteiger partial charge on any atom is -0.462 e. The third-order valence-corrected chi connectivity index (χ3v) is 9.37. The fraction of sp³-hybridized carbons (Fsp3) is 0.417. The molecule has 2 aliphatic heterocycles. The average molecular weight is 567 g/mol. The minimum absolute atomic E-state index is 0.0100. The van der Waals surface area contributed by atoms with Gasteiger partial charge in [-0.15, -0.1) is 0 Å². The number of ether oxygens (including phenoxy) is 2. The molecule has 6 heteroatoms. The van der Waals surface area contributed by atoms with Crippen LogP contribution in [0, 0.1) is 0 Å². The lowest BCUT2D eigenvalue weighted by atomic mass is 9.72. The molecule has 1 saturated heterocycles.